The number of amides is 1. The molecular formula is C27H23ClN2O3S. The number of halogens is 1. The molecule has 0 bridgehead atoms. The van der Waals surface area contributed by atoms with Gasteiger partial charge in [0.25, 0.3) is 15.9 Å². The number of rotatable bonds is 8. The topological polar surface area (TPSA) is 66.5 Å². The molecule has 0 heterocycles. The molecule has 4 aromatic carbocycles. The summed E-state index contributed by atoms with van der Waals surface area (Å²) in [5.74, 6) is -0.353. The predicted molar refractivity (Wildman–Crippen MR) is 135 cm³/mol. The molecule has 0 saturated heterocycles. The van der Waals surface area contributed by atoms with Gasteiger partial charge in [-0.3, -0.25) is 9.10 Å². The minimum absolute atomic E-state index is 0.00992. The largest absolute Gasteiger partial charge is 0.348 e. The number of carbonyl (C=O) groups is 1. The van der Waals surface area contributed by atoms with Gasteiger partial charge in [-0.05, 0) is 41.5 Å². The van der Waals surface area contributed by atoms with Crippen molar-refractivity contribution in [3.8, 4) is 0 Å². The lowest BCUT2D eigenvalue weighted by atomic mass is 10.2. The SMILES string of the molecule is O=C(NCc1ccccc1)c1cccc(S(=O)(=O)N(Cc2ccccc2)c2ccccc2Cl)c1. The first-order valence-electron chi connectivity index (χ1n) is 10.7. The van der Waals surface area contributed by atoms with Crippen LogP contribution in [-0.4, -0.2) is 14.3 Å². The summed E-state index contributed by atoms with van der Waals surface area (Å²) >= 11 is 6.39. The highest BCUT2D eigenvalue weighted by atomic mass is 35.5. The third-order valence-electron chi connectivity index (χ3n) is 5.27. The Morgan fingerprint density at radius 3 is 2.06 bits per heavy atom. The third-order valence-corrected chi connectivity index (χ3v) is 7.35. The van der Waals surface area contributed by atoms with Crippen molar-refractivity contribution in [2.24, 2.45) is 0 Å². The molecule has 0 saturated carbocycles. The van der Waals surface area contributed by atoms with Crippen molar-refractivity contribution in [2.45, 2.75) is 18.0 Å². The second-order valence-electron chi connectivity index (χ2n) is 7.64. The van der Waals surface area contributed by atoms with Crippen molar-refractivity contribution >= 4 is 33.2 Å². The maximum Gasteiger partial charge on any atom is 0.264 e. The molecular weight excluding hydrogens is 468 g/mol. The van der Waals surface area contributed by atoms with E-state index in [4.69, 9.17) is 11.6 Å². The molecule has 1 amide bonds. The van der Waals surface area contributed by atoms with Gasteiger partial charge in [-0.2, -0.15) is 0 Å². The first-order valence-corrected chi connectivity index (χ1v) is 12.5. The minimum atomic E-state index is -4.03. The molecule has 4 aromatic rings. The number of carbonyl (C=O) groups excluding carboxylic acids is 1. The number of hydrogen-bond acceptors (Lipinski definition) is 3. The van der Waals surface area contributed by atoms with Crippen LogP contribution in [-0.2, 0) is 23.1 Å². The molecule has 0 unspecified atom stereocenters. The Balaban J connectivity index is 1.65. The molecule has 34 heavy (non-hydrogen) atoms. The fourth-order valence-corrected chi connectivity index (χ4v) is 5.31. The number of nitrogens with zero attached hydrogens (tertiary/aromatic N) is 1. The van der Waals surface area contributed by atoms with Gasteiger partial charge in [0, 0.05) is 12.1 Å². The first-order chi connectivity index (χ1) is 16.4. The van der Waals surface area contributed by atoms with Crippen LogP contribution in [0.4, 0.5) is 5.69 Å². The van der Waals surface area contributed by atoms with Crippen LogP contribution in [0.15, 0.2) is 114 Å². The number of nitrogens with one attached hydrogen (secondary N) is 1. The molecule has 0 aliphatic rings. The first kappa shape index (κ1) is 23.5. The van der Waals surface area contributed by atoms with E-state index in [0.717, 1.165) is 11.1 Å². The Morgan fingerprint density at radius 2 is 1.38 bits per heavy atom. The van der Waals surface area contributed by atoms with Crippen LogP contribution in [0.1, 0.15) is 21.5 Å². The van der Waals surface area contributed by atoms with Crippen molar-refractivity contribution in [1.82, 2.24) is 5.32 Å². The van der Waals surface area contributed by atoms with Crippen molar-refractivity contribution < 1.29 is 13.2 Å². The molecule has 172 valence electrons. The second kappa shape index (κ2) is 10.5. The van der Waals surface area contributed by atoms with Crippen LogP contribution < -0.4 is 9.62 Å². The number of anilines is 1. The van der Waals surface area contributed by atoms with Gasteiger partial charge < -0.3 is 5.32 Å². The van der Waals surface area contributed by atoms with Gasteiger partial charge in [-0.25, -0.2) is 8.42 Å². The zero-order valence-corrected chi connectivity index (χ0v) is 19.8. The Kier molecular flexibility index (Phi) is 7.30. The molecule has 0 atom stereocenters. The van der Waals surface area contributed by atoms with Crippen molar-refractivity contribution in [1.29, 1.82) is 0 Å². The summed E-state index contributed by atoms with van der Waals surface area (Å²) in [5, 5.41) is 3.15. The number of hydrogen-bond donors (Lipinski definition) is 1. The van der Waals surface area contributed by atoms with E-state index in [9.17, 15) is 13.2 Å². The highest BCUT2D eigenvalue weighted by Crippen LogP contribution is 2.32. The zero-order chi connectivity index (χ0) is 24.0. The molecule has 7 heteroatoms. The lowest BCUT2D eigenvalue weighted by molar-refractivity contribution is 0.0950. The molecule has 4 rings (SSSR count). The van der Waals surface area contributed by atoms with Crippen LogP contribution in [0.5, 0.6) is 0 Å². The maximum absolute atomic E-state index is 13.8. The molecule has 0 radical (unpaired) electrons. The van der Waals surface area contributed by atoms with Crippen molar-refractivity contribution in [3.63, 3.8) is 0 Å². The normalized spacial score (nSPS) is 11.1. The van der Waals surface area contributed by atoms with Gasteiger partial charge in [0.15, 0.2) is 0 Å². The van der Waals surface area contributed by atoms with Crippen LogP contribution in [0.3, 0.4) is 0 Å². The summed E-state index contributed by atoms with van der Waals surface area (Å²) in [4.78, 5) is 12.8. The smallest absolute Gasteiger partial charge is 0.264 e. The van der Waals surface area contributed by atoms with E-state index in [2.05, 4.69) is 5.32 Å². The van der Waals surface area contributed by atoms with E-state index in [1.165, 1.54) is 16.4 Å². The Morgan fingerprint density at radius 1 is 0.765 bits per heavy atom. The van der Waals surface area contributed by atoms with Gasteiger partial charge in [-0.1, -0.05) is 90.5 Å². The summed E-state index contributed by atoms with van der Waals surface area (Å²) in [7, 11) is -4.03. The average molecular weight is 491 g/mol. The highest BCUT2D eigenvalue weighted by molar-refractivity contribution is 7.92. The summed E-state index contributed by atoms with van der Waals surface area (Å²) < 4.78 is 28.8. The van der Waals surface area contributed by atoms with E-state index < -0.39 is 10.0 Å². The van der Waals surface area contributed by atoms with E-state index >= 15 is 0 Å². The fourth-order valence-electron chi connectivity index (χ4n) is 3.51. The monoisotopic (exact) mass is 490 g/mol. The van der Waals surface area contributed by atoms with E-state index in [0.29, 0.717) is 17.3 Å². The van der Waals surface area contributed by atoms with Gasteiger partial charge in [-0.15, -0.1) is 0 Å². The van der Waals surface area contributed by atoms with E-state index in [1.807, 2.05) is 60.7 Å². The van der Waals surface area contributed by atoms with Crippen LogP contribution in [0.2, 0.25) is 5.02 Å². The lowest BCUT2D eigenvalue weighted by Gasteiger charge is -2.26. The minimum Gasteiger partial charge on any atom is -0.348 e. The second-order valence-corrected chi connectivity index (χ2v) is 9.91. The van der Waals surface area contributed by atoms with Gasteiger partial charge in [0.05, 0.1) is 22.2 Å². The summed E-state index contributed by atoms with van der Waals surface area (Å²) in [5.41, 5.74) is 2.39. The van der Waals surface area contributed by atoms with Crippen LogP contribution in [0.25, 0.3) is 0 Å². The Labute approximate surface area is 204 Å². The molecule has 0 aromatic heterocycles. The summed E-state index contributed by atoms with van der Waals surface area (Å²) in [6.45, 7) is 0.438. The Bertz CT molecular complexity index is 1380. The third kappa shape index (κ3) is 5.47. The summed E-state index contributed by atoms with van der Waals surface area (Å²) in [6, 6.07) is 31.6. The Hall–Kier alpha value is -3.61. The van der Waals surface area contributed by atoms with Crippen molar-refractivity contribution in [2.75, 3.05) is 4.31 Å². The molecule has 5 nitrogen and oxygen atoms in total. The van der Waals surface area contributed by atoms with E-state index in [1.54, 1.807) is 36.4 Å². The quantitative estimate of drug-likeness (QED) is 0.346. The van der Waals surface area contributed by atoms with Crippen LogP contribution >= 0.6 is 11.6 Å². The number of benzene rings is 4. The van der Waals surface area contributed by atoms with Gasteiger partial charge in [0.2, 0.25) is 0 Å². The lowest BCUT2D eigenvalue weighted by Crippen LogP contribution is -2.31. The molecule has 0 aliphatic heterocycles. The van der Waals surface area contributed by atoms with Gasteiger partial charge >= 0.3 is 0 Å². The fraction of sp³-hybridized carbons (Fsp3) is 0.0741. The number of para-hydroxylation sites is 1. The predicted octanol–water partition coefficient (Wildman–Crippen LogP) is 5.67. The zero-order valence-electron chi connectivity index (χ0n) is 18.3. The van der Waals surface area contributed by atoms with Gasteiger partial charge in [0.1, 0.15) is 0 Å². The molecule has 0 spiro atoms. The van der Waals surface area contributed by atoms with E-state index in [-0.39, 0.29) is 22.9 Å². The van der Waals surface area contributed by atoms with Crippen molar-refractivity contribution in [3.05, 3.63) is 131 Å². The molecule has 0 fully saturated rings. The maximum atomic E-state index is 13.8. The molecule has 0 aliphatic carbocycles. The molecule has 1 N–H and O–H groups in total. The number of sulfonamides is 1. The average Bonchev–Trinajstić information content (AvgIpc) is 2.87. The summed E-state index contributed by atoms with van der Waals surface area (Å²) in [6.07, 6.45) is 0. The van der Waals surface area contributed by atoms with Crippen LogP contribution in [0, 0.1) is 0 Å². The standard InChI is InChI=1S/C27H23ClN2O3S/c28-25-16-7-8-17-26(25)30(20-22-12-5-2-6-13-22)34(32,33)24-15-9-14-23(18-24)27(31)29-19-21-10-3-1-4-11-21/h1-18H,19-20H2,(H,29,31). The highest BCUT2D eigenvalue weighted by Gasteiger charge is 2.27.